The van der Waals surface area contributed by atoms with E-state index in [9.17, 15) is 4.79 Å². The lowest BCUT2D eigenvalue weighted by atomic mass is 10.3. The van der Waals surface area contributed by atoms with Crippen LogP contribution in [-0.2, 0) is 4.79 Å². The van der Waals surface area contributed by atoms with Crippen LogP contribution in [0.5, 0.6) is 0 Å². The van der Waals surface area contributed by atoms with Gasteiger partial charge in [0.15, 0.2) is 5.13 Å². The Labute approximate surface area is 148 Å². The van der Waals surface area contributed by atoms with Crippen molar-refractivity contribution in [2.45, 2.75) is 20.8 Å². The Bertz CT molecular complexity index is 829. The lowest BCUT2D eigenvalue weighted by Crippen LogP contribution is -2.26. The Hall–Kier alpha value is -2.57. The van der Waals surface area contributed by atoms with E-state index in [4.69, 9.17) is 5.26 Å². The van der Waals surface area contributed by atoms with E-state index in [-0.39, 0.29) is 12.5 Å². The van der Waals surface area contributed by atoms with Crippen LogP contribution in [0.25, 0.3) is 10.6 Å². The number of allylic oxidation sites excluding steroid dienone is 1. The molecule has 0 aromatic carbocycles. The van der Waals surface area contributed by atoms with E-state index in [1.165, 1.54) is 22.5 Å². The maximum atomic E-state index is 12.1. The van der Waals surface area contributed by atoms with Gasteiger partial charge in [-0.2, -0.15) is 10.4 Å². The van der Waals surface area contributed by atoms with Crippen LogP contribution in [0.3, 0.4) is 0 Å². The molecule has 2 aromatic rings. The lowest BCUT2D eigenvalue weighted by molar-refractivity contribution is -0.116. The Balaban J connectivity index is 2.04. The van der Waals surface area contributed by atoms with Crippen molar-refractivity contribution in [3.63, 3.8) is 0 Å². The summed E-state index contributed by atoms with van der Waals surface area (Å²) in [6.45, 7) is 8.86. The number of hydrogen-bond acceptors (Lipinski definition) is 8. The van der Waals surface area contributed by atoms with Crippen LogP contribution in [0.4, 0.5) is 5.13 Å². The molecule has 7 nitrogen and oxygen atoms in total. The summed E-state index contributed by atoms with van der Waals surface area (Å²) in [6, 6.07) is 1.97. The van der Waals surface area contributed by atoms with Crippen molar-refractivity contribution in [3.8, 4) is 16.6 Å². The molecule has 0 bridgehead atoms. The van der Waals surface area contributed by atoms with E-state index in [2.05, 4.69) is 27.1 Å². The standard InChI is InChI=1S/C15H16N6OS2/c1-9(5-16)6-21(17-4)7-13(22)20-15-19-12(8-23-15)14-10(2)18-11(3)24-14/h6,8H,4,7H2,1-3H3,(H,19,20,22)/b9-6+. The first-order valence-electron chi connectivity index (χ1n) is 6.94. The second-order valence-electron chi connectivity index (χ2n) is 4.90. The second-order valence-corrected chi connectivity index (χ2v) is 6.96. The summed E-state index contributed by atoms with van der Waals surface area (Å²) < 4.78 is 0. The van der Waals surface area contributed by atoms with E-state index in [0.717, 1.165) is 21.3 Å². The van der Waals surface area contributed by atoms with Gasteiger partial charge in [-0.15, -0.1) is 22.7 Å². The molecule has 9 heteroatoms. The van der Waals surface area contributed by atoms with Crippen LogP contribution in [0.15, 0.2) is 22.3 Å². The van der Waals surface area contributed by atoms with Gasteiger partial charge < -0.3 is 5.32 Å². The van der Waals surface area contributed by atoms with Gasteiger partial charge in [0.25, 0.3) is 0 Å². The number of nitrogens with one attached hydrogen (secondary N) is 1. The summed E-state index contributed by atoms with van der Waals surface area (Å²) in [5.74, 6) is -0.289. The third-order valence-electron chi connectivity index (χ3n) is 2.89. The SMILES string of the molecule is C=NN(/C=C(\C)C#N)CC(=O)Nc1nc(-c2sc(C)nc2C)cs1. The minimum absolute atomic E-state index is 0.0455. The molecule has 0 radical (unpaired) electrons. The normalized spacial score (nSPS) is 11.0. The van der Waals surface area contributed by atoms with Gasteiger partial charge >= 0.3 is 0 Å². The number of amides is 1. The van der Waals surface area contributed by atoms with Crippen molar-refractivity contribution in [1.82, 2.24) is 15.0 Å². The van der Waals surface area contributed by atoms with Crippen molar-refractivity contribution in [1.29, 1.82) is 5.26 Å². The number of rotatable bonds is 6. The first kappa shape index (κ1) is 17.8. The zero-order chi connectivity index (χ0) is 17.7. The number of aromatic nitrogens is 2. The van der Waals surface area contributed by atoms with Crippen molar-refractivity contribution >= 4 is 40.4 Å². The Kier molecular flexibility index (Phi) is 5.78. The predicted octanol–water partition coefficient (Wildman–Crippen LogP) is 3.17. The number of hydrazone groups is 1. The molecule has 2 heterocycles. The third-order valence-corrected chi connectivity index (χ3v) is 4.75. The zero-order valence-electron chi connectivity index (χ0n) is 13.5. The largest absolute Gasteiger partial charge is 0.300 e. The zero-order valence-corrected chi connectivity index (χ0v) is 15.2. The average Bonchev–Trinajstić information content (AvgIpc) is 3.12. The van der Waals surface area contributed by atoms with E-state index in [1.807, 2.05) is 25.3 Å². The number of hydrogen-bond donors (Lipinski definition) is 1. The van der Waals surface area contributed by atoms with Crippen LogP contribution in [0.2, 0.25) is 0 Å². The van der Waals surface area contributed by atoms with Crippen LogP contribution >= 0.6 is 22.7 Å². The van der Waals surface area contributed by atoms with Crippen LogP contribution in [-0.4, -0.2) is 34.1 Å². The van der Waals surface area contributed by atoms with E-state index in [0.29, 0.717) is 10.7 Å². The minimum atomic E-state index is -0.289. The Morgan fingerprint density at radius 3 is 2.88 bits per heavy atom. The molecule has 0 aliphatic heterocycles. The third kappa shape index (κ3) is 4.47. The molecule has 24 heavy (non-hydrogen) atoms. The maximum Gasteiger partial charge on any atom is 0.247 e. The Morgan fingerprint density at radius 1 is 1.54 bits per heavy atom. The van der Waals surface area contributed by atoms with Gasteiger partial charge in [-0.05, 0) is 20.8 Å². The molecule has 0 saturated carbocycles. The fourth-order valence-corrected chi connectivity index (χ4v) is 3.57. The number of anilines is 1. The fraction of sp³-hybridized carbons (Fsp3) is 0.267. The van der Waals surface area contributed by atoms with Gasteiger partial charge in [-0.25, -0.2) is 9.97 Å². The highest BCUT2D eigenvalue weighted by Crippen LogP contribution is 2.31. The molecule has 0 saturated heterocycles. The monoisotopic (exact) mass is 360 g/mol. The minimum Gasteiger partial charge on any atom is -0.300 e. The van der Waals surface area contributed by atoms with Gasteiger partial charge in [0, 0.05) is 23.9 Å². The summed E-state index contributed by atoms with van der Waals surface area (Å²) in [7, 11) is 0. The second kappa shape index (κ2) is 7.81. The number of nitrogens with zero attached hydrogens (tertiary/aromatic N) is 5. The number of thiazole rings is 2. The van der Waals surface area contributed by atoms with Crippen LogP contribution in [0, 0.1) is 25.2 Å². The molecular weight excluding hydrogens is 344 g/mol. The average molecular weight is 360 g/mol. The highest BCUT2D eigenvalue weighted by Gasteiger charge is 2.13. The molecule has 0 aliphatic carbocycles. The van der Waals surface area contributed by atoms with Gasteiger partial charge in [-0.1, -0.05) is 0 Å². The molecule has 0 spiro atoms. The molecule has 2 rings (SSSR count). The number of carbonyl (C=O) groups is 1. The smallest absolute Gasteiger partial charge is 0.247 e. The predicted molar refractivity (Wildman–Crippen MR) is 97.0 cm³/mol. The van der Waals surface area contributed by atoms with Gasteiger partial charge in [-0.3, -0.25) is 9.80 Å². The van der Waals surface area contributed by atoms with Crippen molar-refractivity contribution in [2.75, 3.05) is 11.9 Å². The molecule has 0 aliphatic rings. The van der Waals surface area contributed by atoms with Gasteiger partial charge in [0.2, 0.25) is 5.91 Å². The summed E-state index contributed by atoms with van der Waals surface area (Å²) in [5.41, 5.74) is 2.17. The van der Waals surface area contributed by atoms with E-state index in [1.54, 1.807) is 18.3 Å². The topological polar surface area (TPSA) is 94.3 Å². The van der Waals surface area contributed by atoms with E-state index >= 15 is 0 Å². The van der Waals surface area contributed by atoms with Gasteiger partial charge in [0.1, 0.15) is 6.54 Å². The summed E-state index contributed by atoms with van der Waals surface area (Å²) in [6.07, 6.45) is 1.46. The number of nitriles is 1. The maximum absolute atomic E-state index is 12.1. The fourth-order valence-electron chi connectivity index (χ4n) is 1.90. The Morgan fingerprint density at radius 2 is 2.29 bits per heavy atom. The molecule has 1 N–H and O–H groups in total. The van der Waals surface area contributed by atoms with Gasteiger partial charge in [0.05, 0.1) is 27.3 Å². The molecule has 0 unspecified atom stereocenters. The summed E-state index contributed by atoms with van der Waals surface area (Å²) >= 11 is 2.92. The highest BCUT2D eigenvalue weighted by molar-refractivity contribution is 7.16. The van der Waals surface area contributed by atoms with Crippen molar-refractivity contribution < 1.29 is 4.79 Å². The number of aryl methyl sites for hydroxylation is 2. The molecule has 2 aromatic heterocycles. The first-order valence-corrected chi connectivity index (χ1v) is 8.64. The lowest BCUT2D eigenvalue weighted by Gasteiger charge is -2.12. The molecule has 1 amide bonds. The molecule has 0 fully saturated rings. The van der Waals surface area contributed by atoms with Crippen molar-refractivity contribution in [3.05, 3.63) is 27.9 Å². The first-order chi connectivity index (χ1) is 11.4. The molecular formula is C15H16N6OS2. The van der Waals surface area contributed by atoms with Crippen LogP contribution in [0.1, 0.15) is 17.6 Å². The summed E-state index contributed by atoms with van der Waals surface area (Å²) in [5, 5.41) is 19.9. The van der Waals surface area contributed by atoms with Crippen LogP contribution < -0.4 is 5.32 Å². The quantitative estimate of drug-likeness (QED) is 0.485. The number of carbonyl (C=O) groups excluding carboxylic acids is 1. The summed E-state index contributed by atoms with van der Waals surface area (Å²) in [4.78, 5) is 21.9. The van der Waals surface area contributed by atoms with E-state index < -0.39 is 0 Å². The molecule has 0 atom stereocenters. The highest BCUT2D eigenvalue weighted by atomic mass is 32.1. The van der Waals surface area contributed by atoms with Crippen molar-refractivity contribution in [2.24, 2.45) is 5.10 Å². The molecule has 124 valence electrons.